The molecule has 3 aliphatic carbocycles. The fourth-order valence-corrected chi connectivity index (χ4v) is 4.71. The van der Waals surface area contributed by atoms with Gasteiger partial charge in [-0.1, -0.05) is 20.3 Å². The van der Waals surface area contributed by atoms with Gasteiger partial charge in [-0.25, -0.2) is 0 Å². The zero-order valence-corrected chi connectivity index (χ0v) is 13.0. The van der Waals surface area contributed by atoms with Crippen molar-refractivity contribution >= 4 is 7.12 Å². The summed E-state index contributed by atoms with van der Waals surface area (Å²) in [5.74, 6) is 1.29. The monoisotopic (exact) mass is 281 g/mol. The van der Waals surface area contributed by atoms with Gasteiger partial charge in [0.2, 0.25) is 0 Å². The molecule has 1 saturated heterocycles. The highest BCUT2D eigenvalue weighted by Gasteiger charge is 2.68. The van der Waals surface area contributed by atoms with E-state index in [1.807, 2.05) is 0 Å². The summed E-state index contributed by atoms with van der Waals surface area (Å²) in [4.78, 5) is 0. The summed E-state index contributed by atoms with van der Waals surface area (Å²) in [5.41, 5.74) is 6.45. The van der Waals surface area contributed by atoms with Crippen LogP contribution in [0.25, 0.3) is 0 Å². The molecule has 0 aromatic rings. The highest BCUT2D eigenvalue weighted by Crippen LogP contribution is 2.65. The molecule has 0 amide bonds. The van der Waals surface area contributed by atoms with Crippen molar-refractivity contribution in [3.05, 3.63) is 0 Å². The summed E-state index contributed by atoms with van der Waals surface area (Å²) in [6.45, 7) is 7.19. The number of rotatable bonds is 5. The van der Waals surface area contributed by atoms with Gasteiger partial charge in [0.15, 0.2) is 0 Å². The van der Waals surface area contributed by atoms with Crippen LogP contribution >= 0.6 is 0 Å². The molecule has 4 aliphatic rings. The lowest BCUT2D eigenvalue weighted by Crippen LogP contribution is -2.65. The second kappa shape index (κ2) is 4.97. The van der Waals surface area contributed by atoms with Gasteiger partial charge in [0.05, 0.1) is 11.7 Å². The maximum absolute atomic E-state index is 8.85. The molecule has 5 atom stereocenters. The van der Waals surface area contributed by atoms with Crippen LogP contribution in [0.1, 0.15) is 52.9 Å². The molecule has 0 spiro atoms. The molecular weight excluding hydrogens is 253 g/mol. The minimum atomic E-state index is -0.265. The van der Waals surface area contributed by atoms with E-state index in [2.05, 4.69) is 20.8 Å². The second-order valence-electron chi connectivity index (χ2n) is 7.72. The predicted octanol–water partition coefficient (Wildman–Crippen LogP) is 1.74. The smallest absolute Gasteiger partial charge is 0.404 e. The number of nitrogens with two attached hydrogens (primary N) is 1. The molecule has 5 heteroatoms. The normalized spacial score (nSPS) is 43.0. The van der Waals surface area contributed by atoms with Crippen LogP contribution in [0.3, 0.4) is 0 Å². The van der Waals surface area contributed by atoms with E-state index in [-0.39, 0.29) is 31.4 Å². The fraction of sp³-hybridized carbons (Fsp3) is 1.00. The van der Waals surface area contributed by atoms with Crippen LogP contribution in [0.4, 0.5) is 0 Å². The molecule has 0 aromatic heterocycles. The fourth-order valence-electron chi connectivity index (χ4n) is 4.71. The van der Waals surface area contributed by atoms with Crippen LogP contribution in [0.15, 0.2) is 0 Å². The molecule has 3 saturated carbocycles. The molecule has 1 aliphatic heterocycles. The molecule has 4 nitrogen and oxygen atoms in total. The van der Waals surface area contributed by atoms with Crippen molar-refractivity contribution in [2.75, 3.05) is 6.61 Å². The topological polar surface area (TPSA) is 64.7 Å². The minimum Gasteiger partial charge on any atom is -0.404 e. The van der Waals surface area contributed by atoms with E-state index in [1.54, 1.807) is 0 Å². The van der Waals surface area contributed by atoms with Gasteiger partial charge in [-0.15, -0.1) is 0 Å². The SMILES string of the molecule is CC1(C)[C@H]2CC3OB([C@H](N)CCCCO)O[C@]3(C)[C@@H]1C2. The van der Waals surface area contributed by atoms with Crippen LogP contribution < -0.4 is 5.73 Å². The van der Waals surface area contributed by atoms with Crippen LogP contribution in [-0.2, 0) is 9.31 Å². The molecule has 2 bridgehead atoms. The first-order valence-electron chi connectivity index (χ1n) is 8.09. The van der Waals surface area contributed by atoms with Crippen LogP contribution in [0.5, 0.6) is 0 Å². The number of unbranched alkanes of at least 4 members (excludes halogenated alkanes) is 1. The van der Waals surface area contributed by atoms with E-state index >= 15 is 0 Å². The lowest BCUT2D eigenvalue weighted by Gasteiger charge is -2.64. The molecule has 4 rings (SSSR count). The Kier molecular flexibility index (Phi) is 3.69. The maximum Gasteiger partial charge on any atom is 0.475 e. The average Bonchev–Trinajstić information content (AvgIpc) is 2.75. The highest BCUT2D eigenvalue weighted by molar-refractivity contribution is 6.47. The first-order chi connectivity index (χ1) is 9.39. The molecule has 0 radical (unpaired) electrons. The van der Waals surface area contributed by atoms with Crippen molar-refractivity contribution in [1.82, 2.24) is 0 Å². The van der Waals surface area contributed by atoms with Gasteiger partial charge in [0.1, 0.15) is 0 Å². The summed E-state index contributed by atoms with van der Waals surface area (Å²) >= 11 is 0. The Morgan fingerprint density at radius 1 is 1.30 bits per heavy atom. The van der Waals surface area contributed by atoms with Gasteiger partial charge < -0.3 is 20.1 Å². The molecular formula is C15H28BNO3. The van der Waals surface area contributed by atoms with E-state index in [4.69, 9.17) is 20.1 Å². The quantitative estimate of drug-likeness (QED) is 0.595. The number of aliphatic hydroxyl groups is 1. The van der Waals surface area contributed by atoms with Crippen LogP contribution in [0.2, 0.25) is 0 Å². The van der Waals surface area contributed by atoms with Gasteiger partial charge in [0, 0.05) is 12.5 Å². The summed E-state index contributed by atoms with van der Waals surface area (Å²) in [6.07, 6.45) is 5.19. The van der Waals surface area contributed by atoms with Crippen molar-refractivity contribution in [2.24, 2.45) is 23.0 Å². The van der Waals surface area contributed by atoms with E-state index < -0.39 is 0 Å². The first kappa shape index (κ1) is 14.8. The molecule has 3 N–H and O–H groups in total. The minimum absolute atomic E-state index is 0.0794. The van der Waals surface area contributed by atoms with E-state index in [9.17, 15) is 0 Å². The Morgan fingerprint density at radius 3 is 2.70 bits per heavy atom. The van der Waals surface area contributed by atoms with Gasteiger partial charge in [-0.05, 0) is 49.9 Å². The molecule has 114 valence electrons. The lowest BCUT2D eigenvalue weighted by molar-refractivity contribution is -0.199. The van der Waals surface area contributed by atoms with Crippen molar-refractivity contribution in [3.63, 3.8) is 0 Å². The summed E-state index contributed by atoms with van der Waals surface area (Å²) < 4.78 is 12.5. The molecule has 1 unspecified atom stereocenters. The van der Waals surface area contributed by atoms with Gasteiger partial charge >= 0.3 is 7.12 Å². The molecule has 1 heterocycles. The Morgan fingerprint density at radius 2 is 2.05 bits per heavy atom. The third kappa shape index (κ3) is 2.05. The van der Waals surface area contributed by atoms with Crippen molar-refractivity contribution in [3.8, 4) is 0 Å². The highest BCUT2D eigenvalue weighted by atomic mass is 16.7. The largest absolute Gasteiger partial charge is 0.475 e. The van der Waals surface area contributed by atoms with Crippen LogP contribution in [0, 0.1) is 17.3 Å². The molecule has 20 heavy (non-hydrogen) atoms. The zero-order valence-electron chi connectivity index (χ0n) is 13.0. The van der Waals surface area contributed by atoms with Crippen molar-refractivity contribution in [2.45, 2.75) is 70.5 Å². The predicted molar refractivity (Wildman–Crippen MR) is 79.0 cm³/mol. The third-order valence-corrected chi connectivity index (χ3v) is 6.26. The van der Waals surface area contributed by atoms with E-state index in [0.717, 1.165) is 31.6 Å². The van der Waals surface area contributed by atoms with E-state index in [0.29, 0.717) is 11.3 Å². The summed E-state index contributed by atoms with van der Waals surface area (Å²) in [6, 6.07) is 0. The Hall–Kier alpha value is -0.0951. The Bertz CT molecular complexity index is 378. The second-order valence-corrected chi connectivity index (χ2v) is 7.72. The number of hydrogen-bond acceptors (Lipinski definition) is 4. The number of aliphatic hydroxyl groups excluding tert-OH is 1. The zero-order chi connectivity index (χ0) is 14.5. The van der Waals surface area contributed by atoms with Gasteiger partial charge in [-0.3, -0.25) is 0 Å². The summed E-state index contributed by atoms with van der Waals surface area (Å²) in [5, 5.41) is 8.85. The Balaban J connectivity index is 1.64. The maximum atomic E-state index is 8.85. The van der Waals surface area contributed by atoms with Crippen molar-refractivity contribution in [1.29, 1.82) is 0 Å². The Labute approximate surface area is 122 Å². The molecule has 4 fully saturated rings. The lowest BCUT2D eigenvalue weighted by atomic mass is 9.43. The van der Waals surface area contributed by atoms with Crippen LogP contribution in [-0.4, -0.2) is 36.5 Å². The van der Waals surface area contributed by atoms with Gasteiger partial charge in [0.25, 0.3) is 0 Å². The third-order valence-electron chi connectivity index (χ3n) is 6.26. The molecule has 0 aromatic carbocycles. The first-order valence-corrected chi connectivity index (χ1v) is 8.09. The summed E-state index contributed by atoms with van der Waals surface area (Å²) in [7, 11) is -0.265. The van der Waals surface area contributed by atoms with Gasteiger partial charge in [-0.2, -0.15) is 0 Å². The standard InChI is InChI=1S/C15H28BNO3/c1-14(2)10-8-11(14)15(3)12(9-10)19-16(20-15)13(17)6-4-5-7-18/h10-13,18H,4-9,17H2,1-3H3/t10-,11-,12?,13-,15-/m1/s1. The average molecular weight is 281 g/mol. The van der Waals surface area contributed by atoms with Crippen molar-refractivity contribution < 1.29 is 14.4 Å². The number of hydrogen-bond donors (Lipinski definition) is 2. The van der Waals surface area contributed by atoms with E-state index in [1.165, 1.54) is 6.42 Å².